The second kappa shape index (κ2) is 9.62. The zero-order chi connectivity index (χ0) is 18.6. The van der Waals surface area contributed by atoms with Gasteiger partial charge in [0.2, 0.25) is 5.91 Å². The van der Waals surface area contributed by atoms with E-state index >= 15 is 0 Å². The van der Waals surface area contributed by atoms with Crippen LogP contribution in [-0.4, -0.2) is 61.6 Å². The van der Waals surface area contributed by atoms with Gasteiger partial charge in [-0.1, -0.05) is 0 Å². The number of halogens is 1. The maximum Gasteiger partial charge on any atom is 0.223 e. The molecule has 3 rings (SSSR count). The molecule has 7 heteroatoms. The van der Waals surface area contributed by atoms with Crippen LogP contribution in [0.25, 0.3) is 0 Å². The summed E-state index contributed by atoms with van der Waals surface area (Å²) in [6.45, 7) is 3.79. The molecule has 1 unspecified atom stereocenters. The Labute approximate surface area is 168 Å². The number of hydrogen-bond donors (Lipinski definition) is 1. The minimum Gasteiger partial charge on any atom is -0.497 e. The van der Waals surface area contributed by atoms with Crippen LogP contribution in [0.2, 0.25) is 0 Å². The van der Waals surface area contributed by atoms with Gasteiger partial charge in [-0.25, -0.2) is 0 Å². The largest absolute Gasteiger partial charge is 0.497 e. The fourth-order valence-electron chi connectivity index (χ4n) is 3.93. The van der Waals surface area contributed by atoms with E-state index < -0.39 is 0 Å². The first kappa shape index (κ1) is 21.8. The van der Waals surface area contributed by atoms with Crippen LogP contribution in [0.15, 0.2) is 18.2 Å². The molecule has 1 fully saturated rings. The Morgan fingerprint density at radius 1 is 1.33 bits per heavy atom. The summed E-state index contributed by atoms with van der Waals surface area (Å²) in [5, 5.41) is 0. The van der Waals surface area contributed by atoms with E-state index in [-0.39, 0.29) is 23.9 Å². The molecule has 2 aliphatic heterocycles. The van der Waals surface area contributed by atoms with Crippen molar-refractivity contribution in [1.29, 1.82) is 0 Å². The summed E-state index contributed by atoms with van der Waals surface area (Å²) in [5.74, 6) is 1.83. The van der Waals surface area contributed by atoms with Gasteiger partial charge in [0.1, 0.15) is 17.1 Å². The molecule has 1 atom stereocenters. The molecule has 0 aliphatic carbocycles. The average Bonchev–Trinajstić information content (AvgIpc) is 2.92. The van der Waals surface area contributed by atoms with E-state index in [1.807, 2.05) is 23.1 Å². The lowest BCUT2D eigenvalue weighted by atomic mass is 9.93. The molecular weight excluding hydrogens is 366 g/mol. The fraction of sp³-hybridized carbons (Fsp3) is 0.650. The molecule has 0 bridgehead atoms. The molecule has 6 nitrogen and oxygen atoms in total. The van der Waals surface area contributed by atoms with Crippen LogP contribution in [0, 0.1) is 0 Å². The van der Waals surface area contributed by atoms with Crippen LogP contribution in [0.5, 0.6) is 11.5 Å². The van der Waals surface area contributed by atoms with E-state index in [9.17, 15) is 4.79 Å². The van der Waals surface area contributed by atoms with Crippen molar-refractivity contribution in [3.05, 3.63) is 23.8 Å². The van der Waals surface area contributed by atoms with Gasteiger partial charge in [-0.3, -0.25) is 4.79 Å². The van der Waals surface area contributed by atoms with Gasteiger partial charge < -0.3 is 25.0 Å². The van der Waals surface area contributed by atoms with Crippen LogP contribution in [-0.2, 0) is 11.3 Å². The van der Waals surface area contributed by atoms with Crippen LogP contribution in [0.4, 0.5) is 0 Å². The SMILES string of the molecule is COc1ccc2c(c1)CN(C(=O)CCCN)CC1(CCCN(C)CC1)O2.Cl. The number of benzene rings is 1. The third kappa shape index (κ3) is 5.27. The van der Waals surface area contributed by atoms with Gasteiger partial charge in [-0.15, -0.1) is 12.4 Å². The first-order chi connectivity index (χ1) is 12.5. The van der Waals surface area contributed by atoms with Crippen LogP contribution < -0.4 is 15.2 Å². The second-order valence-electron chi connectivity index (χ2n) is 7.56. The summed E-state index contributed by atoms with van der Waals surface area (Å²) >= 11 is 0. The number of nitrogens with zero attached hydrogens (tertiary/aromatic N) is 2. The summed E-state index contributed by atoms with van der Waals surface area (Å²) < 4.78 is 12.0. The van der Waals surface area contributed by atoms with E-state index in [0.29, 0.717) is 26.1 Å². The number of ether oxygens (including phenoxy) is 2. The van der Waals surface area contributed by atoms with Crippen LogP contribution in [0.1, 0.15) is 37.7 Å². The zero-order valence-corrected chi connectivity index (χ0v) is 17.2. The quantitative estimate of drug-likeness (QED) is 0.845. The number of methoxy groups -OCH3 is 1. The van der Waals surface area contributed by atoms with Gasteiger partial charge in [-0.2, -0.15) is 0 Å². The third-order valence-corrected chi connectivity index (χ3v) is 5.50. The van der Waals surface area contributed by atoms with Crippen LogP contribution in [0.3, 0.4) is 0 Å². The maximum absolute atomic E-state index is 12.8. The number of amides is 1. The lowest BCUT2D eigenvalue weighted by molar-refractivity contribution is -0.134. The molecule has 1 spiro atoms. The van der Waals surface area contributed by atoms with Gasteiger partial charge >= 0.3 is 0 Å². The Balaban J connectivity index is 0.00000261. The summed E-state index contributed by atoms with van der Waals surface area (Å²) in [6.07, 6.45) is 4.18. The summed E-state index contributed by atoms with van der Waals surface area (Å²) in [4.78, 5) is 17.1. The van der Waals surface area contributed by atoms with E-state index in [1.54, 1.807) is 7.11 Å². The maximum atomic E-state index is 12.8. The molecule has 1 amide bonds. The van der Waals surface area contributed by atoms with E-state index in [0.717, 1.165) is 55.8 Å². The molecule has 0 saturated carbocycles. The second-order valence-corrected chi connectivity index (χ2v) is 7.56. The molecule has 2 heterocycles. The lowest BCUT2D eigenvalue weighted by Crippen LogP contribution is -2.48. The minimum absolute atomic E-state index is 0. The standard InChI is InChI=1S/C20H31N3O3.ClH/c1-22-11-4-8-20(9-12-22)15-23(19(24)5-3-10-21)14-16-13-17(25-2)6-7-18(16)26-20;/h6-7,13H,3-5,8-12,14-15,21H2,1-2H3;1H. The number of nitrogens with two attached hydrogens (primary N) is 1. The van der Waals surface area contributed by atoms with Gasteiger partial charge in [0.25, 0.3) is 0 Å². The molecule has 27 heavy (non-hydrogen) atoms. The van der Waals surface area contributed by atoms with Crippen molar-refractivity contribution in [2.24, 2.45) is 5.73 Å². The molecule has 0 radical (unpaired) electrons. The van der Waals surface area contributed by atoms with Gasteiger partial charge in [0, 0.05) is 31.5 Å². The minimum atomic E-state index is -0.316. The topological polar surface area (TPSA) is 68.0 Å². The number of rotatable bonds is 4. The summed E-state index contributed by atoms with van der Waals surface area (Å²) in [7, 11) is 3.81. The van der Waals surface area contributed by atoms with Crippen molar-refractivity contribution in [2.75, 3.05) is 40.3 Å². The zero-order valence-electron chi connectivity index (χ0n) is 16.4. The predicted octanol–water partition coefficient (Wildman–Crippen LogP) is 2.43. The lowest BCUT2D eigenvalue weighted by Gasteiger charge is -2.35. The summed E-state index contributed by atoms with van der Waals surface area (Å²) in [6, 6.07) is 5.90. The van der Waals surface area contributed by atoms with E-state index in [4.69, 9.17) is 15.2 Å². The highest BCUT2D eigenvalue weighted by Crippen LogP contribution is 2.37. The Kier molecular flexibility index (Phi) is 7.77. The Morgan fingerprint density at radius 2 is 2.15 bits per heavy atom. The van der Waals surface area contributed by atoms with Crippen molar-refractivity contribution >= 4 is 18.3 Å². The number of fused-ring (bicyclic) bond motifs is 1. The number of likely N-dealkylation sites (tertiary alicyclic amines) is 1. The van der Waals surface area contributed by atoms with E-state index in [2.05, 4.69) is 11.9 Å². The third-order valence-electron chi connectivity index (χ3n) is 5.50. The first-order valence-corrected chi connectivity index (χ1v) is 9.57. The summed E-state index contributed by atoms with van der Waals surface area (Å²) in [5.41, 5.74) is 6.30. The molecule has 1 aromatic carbocycles. The van der Waals surface area contributed by atoms with Crippen molar-refractivity contribution in [3.8, 4) is 11.5 Å². The van der Waals surface area contributed by atoms with Gasteiger partial charge in [-0.05, 0) is 57.6 Å². The normalized spacial score (nSPS) is 22.9. The Hall–Kier alpha value is -1.50. The predicted molar refractivity (Wildman–Crippen MR) is 109 cm³/mol. The molecule has 2 aliphatic rings. The Bertz CT molecular complexity index is 643. The Morgan fingerprint density at radius 3 is 2.89 bits per heavy atom. The highest BCUT2D eigenvalue weighted by Gasteiger charge is 2.40. The van der Waals surface area contributed by atoms with Gasteiger partial charge in [0.15, 0.2) is 0 Å². The van der Waals surface area contributed by atoms with Crippen molar-refractivity contribution in [1.82, 2.24) is 9.80 Å². The van der Waals surface area contributed by atoms with Crippen molar-refractivity contribution < 1.29 is 14.3 Å². The molecule has 152 valence electrons. The average molecular weight is 398 g/mol. The molecule has 2 N–H and O–H groups in total. The molecule has 0 aromatic heterocycles. The van der Waals surface area contributed by atoms with Crippen molar-refractivity contribution in [2.45, 2.75) is 44.2 Å². The fourth-order valence-corrected chi connectivity index (χ4v) is 3.93. The molecule has 1 saturated heterocycles. The molecular formula is C20H32ClN3O3. The first-order valence-electron chi connectivity index (χ1n) is 9.57. The highest BCUT2D eigenvalue weighted by atomic mass is 35.5. The number of hydrogen-bond acceptors (Lipinski definition) is 5. The number of carbonyl (C=O) groups excluding carboxylic acids is 1. The monoisotopic (exact) mass is 397 g/mol. The van der Waals surface area contributed by atoms with Crippen molar-refractivity contribution in [3.63, 3.8) is 0 Å². The molecule has 1 aromatic rings. The smallest absolute Gasteiger partial charge is 0.223 e. The number of carbonyl (C=O) groups is 1. The highest BCUT2D eigenvalue weighted by molar-refractivity contribution is 5.85. The van der Waals surface area contributed by atoms with Gasteiger partial charge in [0.05, 0.1) is 13.7 Å². The van der Waals surface area contributed by atoms with E-state index in [1.165, 1.54) is 0 Å². The van der Waals surface area contributed by atoms with Crippen LogP contribution >= 0.6 is 12.4 Å².